The van der Waals surface area contributed by atoms with Gasteiger partial charge in [0, 0.05) is 24.3 Å². The molecule has 4 aromatic rings. The molecule has 6 nitrogen and oxygen atoms in total. The molecule has 0 aliphatic heterocycles. The quantitative estimate of drug-likeness (QED) is 0.392. The summed E-state index contributed by atoms with van der Waals surface area (Å²) in [5.74, 6) is 1.86. The number of anilines is 1. The molecule has 0 unspecified atom stereocenters. The predicted octanol–water partition coefficient (Wildman–Crippen LogP) is 4.66. The van der Waals surface area contributed by atoms with Gasteiger partial charge in [-0.3, -0.25) is 4.79 Å². The number of aromatic nitrogens is 3. The van der Waals surface area contributed by atoms with Crippen molar-refractivity contribution < 1.29 is 4.79 Å². The molecule has 0 saturated heterocycles. The van der Waals surface area contributed by atoms with Gasteiger partial charge in [-0.15, -0.1) is 0 Å². The molecular formula is C27H29N5O. The van der Waals surface area contributed by atoms with Crippen LogP contribution in [-0.2, 0) is 19.4 Å². The summed E-state index contributed by atoms with van der Waals surface area (Å²) in [7, 11) is 0. The molecule has 1 aliphatic carbocycles. The highest BCUT2D eigenvalue weighted by atomic mass is 16.1. The summed E-state index contributed by atoms with van der Waals surface area (Å²) in [5.41, 5.74) is 5.31. The fraction of sp³-hybridized carbons (Fsp3) is 0.296. The second kappa shape index (κ2) is 9.86. The molecule has 0 bridgehead atoms. The van der Waals surface area contributed by atoms with Crippen molar-refractivity contribution in [3.8, 4) is 0 Å². The zero-order chi connectivity index (χ0) is 22.5. The molecular weight excluding hydrogens is 410 g/mol. The SMILES string of the molecule is O=C(NCCCN(Cc1nc2ccccc2[nH]1)c1ccc2c(n1)CCCC2)c1ccccc1. The second-order valence-corrected chi connectivity index (χ2v) is 8.58. The smallest absolute Gasteiger partial charge is 0.251 e. The number of carbonyl (C=O) groups excluding carboxylic acids is 1. The topological polar surface area (TPSA) is 73.9 Å². The van der Waals surface area contributed by atoms with E-state index in [0.717, 1.165) is 48.5 Å². The van der Waals surface area contributed by atoms with Gasteiger partial charge in [0.1, 0.15) is 11.6 Å². The van der Waals surface area contributed by atoms with Crippen LogP contribution in [0.2, 0.25) is 0 Å². The zero-order valence-electron chi connectivity index (χ0n) is 18.8. The van der Waals surface area contributed by atoms with Crippen molar-refractivity contribution in [1.82, 2.24) is 20.3 Å². The first kappa shape index (κ1) is 21.2. The number of amides is 1. The van der Waals surface area contributed by atoms with Crippen LogP contribution in [0.3, 0.4) is 0 Å². The molecule has 0 fully saturated rings. The van der Waals surface area contributed by atoms with Crippen LogP contribution in [0.1, 0.15) is 46.7 Å². The van der Waals surface area contributed by atoms with E-state index in [0.29, 0.717) is 18.7 Å². The predicted molar refractivity (Wildman–Crippen MR) is 131 cm³/mol. The van der Waals surface area contributed by atoms with Gasteiger partial charge in [-0.05, 0) is 68.0 Å². The van der Waals surface area contributed by atoms with E-state index < -0.39 is 0 Å². The third-order valence-corrected chi connectivity index (χ3v) is 6.19. The number of benzene rings is 2. The maximum Gasteiger partial charge on any atom is 0.251 e. The number of hydrogen-bond acceptors (Lipinski definition) is 4. The molecule has 0 saturated carbocycles. The summed E-state index contributed by atoms with van der Waals surface area (Å²) < 4.78 is 0. The number of nitrogens with zero attached hydrogens (tertiary/aromatic N) is 3. The largest absolute Gasteiger partial charge is 0.352 e. The van der Waals surface area contributed by atoms with E-state index in [-0.39, 0.29) is 5.91 Å². The Bertz CT molecular complexity index is 1200. The average molecular weight is 440 g/mol. The number of rotatable bonds is 8. The first-order valence-corrected chi connectivity index (χ1v) is 11.8. The Hall–Kier alpha value is -3.67. The third kappa shape index (κ3) is 5.06. The van der Waals surface area contributed by atoms with Crippen molar-refractivity contribution in [3.63, 3.8) is 0 Å². The Balaban J connectivity index is 1.29. The van der Waals surface area contributed by atoms with Crippen LogP contribution in [-0.4, -0.2) is 33.9 Å². The molecule has 1 amide bonds. The maximum atomic E-state index is 12.4. The number of imidazole rings is 1. The number of aromatic amines is 1. The molecule has 5 rings (SSSR count). The lowest BCUT2D eigenvalue weighted by atomic mass is 9.96. The standard InChI is InChI=1S/C27H29N5O/c33-27(21-10-2-1-3-11-21)28-17-8-18-32(19-25-29-23-13-6-7-14-24(23)30-25)26-16-15-20-9-4-5-12-22(20)31-26/h1-3,6-7,10-11,13-16H,4-5,8-9,12,17-19H2,(H,28,33)(H,29,30). The van der Waals surface area contributed by atoms with Gasteiger partial charge in [-0.2, -0.15) is 0 Å². The monoisotopic (exact) mass is 439 g/mol. The van der Waals surface area contributed by atoms with Crippen LogP contribution in [0, 0.1) is 0 Å². The van der Waals surface area contributed by atoms with Gasteiger partial charge in [-0.1, -0.05) is 36.4 Å². The van der Waals surface area contributed by atoms with Gasteiger partial charge in [0.05, 0.1) is 17.6 Å². The first-order valence-electron chi connectivity index (χ1n) is 11.8. The molecule has 2 aromatic heterocycles. The average Bonchev–Trinajstić information content (AvgIpc) is 3.28. The van der Waals surface area contributed by atoms with Crippen molar-refractivity contribution in [2.75, 3.05) is 18.0 Å². The number of pyridine rings is 1. The molecule has 2 N–H and O–H groups in total. The lowest BCUT2D eigenvalue weighted by Crippen LogP contribution is -2.30. The summed E-state index contributed by atoms with van der Waals surface area (Å²) in [6.07, 6.45) is 5.44. The molecule has 0 atom stereocenters. The number of para-hydroxylation sites is 2. The summed E-state index contributed by atoms with van der Waals surface area (Å²) in [4.78, 5) is 27.9. The zero-order valence-corrected chi connectivity index (χ0v) is 18.8. The first-order chi connectivity index (χ1) is 16.3. The lowest BCUT2D eigenvalue weighted by Gasteiger charge is -2.25. The van der Waals surface area contributed by atoms with Crippen molar-refractivity contribution in [2.45, 2.75) is 38.6 Å². The number of hydrogen-bond donors (Lipinski definition) is 2. The van der Waals surface area contributed by atoms with Crippen LogP contribution in [0.15, 0.2) is 66.7 Å². The molecule has 0 radical (unpaired) electrons. The normalized spacial score (nSPS) is 13.0. The maximum absolute atomic E-state index is 12.4. The molecule has 0 spiro atoms. The summed E-state index contributed by atoms with van der Waals surface area (Å²) in [6.45, 7) is 2.03. The van der Waals surface area contributed by atoms with Gasteiger partial charge in [-0.25, -0.2) is 9.97 Å². The number of carbonyl (C=O) groups is 1. The van der Waals surface area contributed by atoms with E-state index in [4.69, 9.17) is 9.97 Å². The van der Waals surface area contributed by atoms with E-state index in [1.807, 2.05) is 54.6 Å². The minimum absolute atomic E-state index is 0.0358. The Morgan fingerprint density at radius 3 is 2.64 bits per heavy atom. The number of fused-ring (bicyclic) bond motifs is 2. The van der Waals surface area contributed by atoms with Gasteiger partial charge in [0.2, 0.25) is 0 Å². The van der Waals surface area contributed by atoms with E-state index in [1.54, 1.807) is 0 Å². The van der Waals surface area contributed by atoms with Crippen LogP contribution in [0.4, 0.5) is 5.82 Å². The van der Waals surface area contributed by atoms with E-state index in [9.17, 15) is 4.79 Å². The van der Waals surface area contributed by atoms with Gasteiger partial charge >= 0.3 is 0 Å². The van der Waals surface area contributed by atoms with Gasteiger partial charge in [0.25, 0.3) is 5.91 Å². The fourth-order valence-electron chi connectivity index (χ4n) is 4.45. The van der Waals surface area contributed by atoms with Crippen LogP contribution in [0.5, 0.6) is 0 Å². The third-order valence-electron chi connectivity index (χ3n) is 6.19. The Morgan fingerprint density at radius 2 is 1.76 bits per heavy atom. The molecule has 1 aliphatic rings. The fourth-order valence-corrected chi connectivity index (χ4v) is 4.45. The molecule has 168 valence electrons. The Morgan fingerprint density at radius 1 is 0.939 bits per heavy atom. The van der Waals surface area contributed by atoms with Crippen molar-refractivity contribution in [2.24, 2.45) is 0 Å². The molecule has 6 heteroatoms. The molecule has 2 heterocycles. The summed E-state index contributed by atoms with van der Waals surface area (Å²) in [6, 6.07) is 21.8. The van der Waals surface area contributed by atoms with E-state index in [1.165, 1.54) is 24.1 Å². The van der Waals surface area contributed by atoms with Gasteiger partial charge in [0.15, 0.2) is 0 Å². The van der Waals surface area contributed by atoms with Crippen molar-refractivity contribution >= 4 is 22.8 Å². The van der Waals surface area contributed by atoms with Gasteiger partial charge < -0.3 is 15.2 Å². The van der Waals surface area contributed by atoms with Crippen molar-refractivity contribution in [1.29, 1.82) is 0 Å². The number of aryl methyl sites for hydroxylation is 2. The minimum Gasteiger partial charge on any atom is -0.352 e. The van der Waals surface area contributed by atoms with Crippen molar-refractivity contribution in [3.05, 3.63) is 89.4 Å². The van der Waals surface area contributed by atoms with E-state index in [2.05, 4.69) is 27.3 Å². The molecule has 33 heavy (non-hydrogen) atoms. The lowest BCUT2D eigenvalue weighted by molar-refractivity contribution is 0.0953. The van der Waals surface area contributed by atoms with Crippen LogP contribution in [0.25, 0.3) is 11.0 Å². The Labute approximate surface area is 194 Å². The van der Waals surface area contributed by atoms with Crippen LogP contribution >= 0.6 is 0 Å². The number of H-pyrrole nitrogens is 1. The summed E-state index contributed by atoms with van der Waals surface area (Å²) in [5, 5.41) is 3.03. The molecule has 2 aromatic carbocycles. The minimum atomic E-state index is -0.0358. The highest BCUT2D eigenvalue weighted by molar-refractivity contribution is 5.94. The highest BCUT2D eigenvalue weighted by Gasteiger charge is 2.16. The van der Waals surface area contributed by atoms with Crippen LogP contribution < -0.4 is 10.2 Å². The summed E-state index contributed by atoms with van der Waals surface area (Å²) >= 11 is 0. The second-order valence-electron chi connectivity index (χ2n) is 8.58. The van der Waals surface area contributed by atoms with E-state index >= 15 is 0 Å². The Kier molecular flexibility index (Phi) is 6.33. The highest BCUT2D eigenvalue weighted by Crippen LogP contribution is 2.24. The number of nitrogens with one attached hydrogen (secondary N) is 2.